The van der Waals surface area contributed by atoms with Gasteiger partial charge >= 0.3 is 0 Å². The van der Waals surface area contributed by atoms with Crippen molar-refractivity contribution in [2.75, 3.05) is 26.9 Å². The molecule has 1 fully saturated rings. The molecule has 0 unspecified atom stereocenters. The zero-order valence-corrected chi connectivity index (χ0v) is 12.2. The first-order valence-corrected chi connectivity index (χ1v) is 7.56. The molecule has 2 rings (SSSR count). The van der Waals surface area contributed by atoms with Crippen LogP contribution < -0.4 is 4.74 Å². The van der Waals surface area contributed by atoms with Crippen molar-refractivity contribution in [3.05, 3.63) is 24.3 Å². The molecule has 0 spiro atoms. The Morgan fingerprint density at radius 2 is 1.89 bits per heavy atom. The Kier molecular flexibility index (Phi) is 3.85. The summed E-state index contributed by atoms with van der Waals surface area (Å²) in [5.41, 5.74) is -0.531. The van der Waals surface area contributed by atoms with Gasteiger partial charge in [0, 0.05) is 6.54 Å². The molecule has 1 aliphatic heterocycles. The minimum absolute atomic E-state index is 0.281. The number of benzene rings is 1. The van der Waals surface area contributed by atoms with Crippen LogP contribution in [-0.4, -0.2) is 45.1 Å². The Bertz CT molecular complexity index is 536. The third kappa shape index (κ3) is 2.75. The lowest BCUT2D eigenvalue weighted by Gasteiger charge is -2.40. The van der Waals surface area contributed by atoms with Gasteiger partial charge in [-0.05, 0) is 38.1 Å². The van der Waals surface area contributed by atoms with Crippen molar-refractivity contribution in [2.24, 2.45) is 0 Å². The molecule has 0 atom stereocenters. The fourth-order valence-electron chi connectivity index (χ4n) is 2.16. The lowest BCUT2D eigenvalue weighted by molar-refractivity contribution is -0.00770. The molecule has 6 heteroatoms. The van der Waals surface area contributed by atoms with Crippen molar-refractivity contribution < 1.29 is 17.9 Å². The molecule has 106 valence electrons. The second-order valence-electron chi connectivity index (χ2n) is 5.12. The number of hydrogen-bond donors (Lipinski definition) is 0. The fraction of sp³-hybridized carbons (Fsp3) is 0.538. The number of methoxy groups -OCH3 is 1. The van der Waals surface area contributed by atoms with Crippen LogP contribution in [0, 0.1) is 0 Å². The Balaban J connectivity index is 2.35. The molecule has 1 aromatic carbocycles. The Morgan fingerprint density at radius 3 is 2.42 bits per heavy atom. The first-order chi connectivity index (χ1) is 8.88. The molecular formula is C13H19NO4S. The summed E-state index contributed by atoms with van der Waals surface area (Å²) in [6.07, 6.45) is 0. The summed E-state index contributed by atoms with van der Waals surface area (Å²) in [5.74, 6) is 0.639. The van der Waals surface area contributed by atoms with Crippen LogP contribution in [0.5, 0.6) is 5.75 Å². The summed E-state index contributed by atoms with van der Waals surface area (Å²) in [6.45, 7) is 4.95. The van der Waals surface area contributed by atoms with E-state index in [1.807, 2.05) is 13.8 Å². The molecule has 0 bridgehead atoms. The first kappa shape index (κ1) is 14.3. The van der Waals surface area contributed by atoms with Gasteiger partial charge in [0.1, 0.15) is 5.75 Å². The highest BCUT2D eigenvalue weighted by molar-refractivity contribution is 7.89. The number of ether oxygens (including phenoxy) is 2. The van der Waals surface area contributed by atoms with Gasteiger partial charge in [0.2, 0.25) is 10.0 Å². The summed E-state index contributed by atoms with van der Waals surface area (Å²) in [5, 5.41) is 0. The Hall–Kier alpha value is -1.11. The summed E-state index contributed by atoms with van der Waals surface area (Å²) in [6, 6.07) is 6.44. The van der Waals surface area contributed by atoms with E-state index in [0.29, 0.717) is 25.5 Å². The average molecular weight is 285 g/mol. The van der Waals surface area contributed by atoms with Gasteiger partial charge in [-0.2, -0.15) is 4.31 Å². The summed E-state index contributed by atoms with van der Waals surface area (Å²) < 4.78 is 37.2. The van der Waals surface area contributed by atoms with Gasteiger partial charge in [0.25, 0.3) is 0 Å². The fourth-order valence-corrected chi connectivity index (χ4v) is 3.92. The molecule has 0 radical (unpaired) electrons. The average Bonchev–Trinajstić information content (AvgIpc) is 2.38. The minimum atomic E-state index is -3.50. The van der Waals surface area contributed by atoms with Crippen LogP contribution in [0.25, 0.3) is 0 Å². The zero-order valence-electron chi connectivity index (χ0n) is 11.4. The number of hydrogen-bond acceptors (Lipinski definition) is 4. The second kappa shape index (κ2) is 5.11. The van der Waals surface area contributed by atoms with Gasteiger partial charge < -0.3 is 9.47 Å². The monoisotopic (exact) mass is 285 g/mol. The normalized spacial score (nSPS) is 20.2. The highest BCUT2D eigenvalue weighted by atomic mass is 32.2. The molecule has 0 aliphatic carbocycles. The van der Waals surface area contributed by atoms with E-state index in [-0.39, 0.29) is 4.90 Å². The van der Waals surface area contributed by atoms with Gasteiger partial charge in [-0.25, -0.2) is 8.42 Å². The molecular weight excluding hydrogens is 266 g/mol. The van der Waals surface area contributed by atoms with E-state index in [0.717, 1.165) is 0 Å². The van der Waals surface area contributed by atoms with Gasteiger partial charge in [-0.1, -0.05) is 0 Å². The zero-order chi connectivity index (χ0) is 14.1. The van der Waals surface area contributed by atoms with Crippen molar-refractivity contribution in [1.82, 2.24) is 4.31 Å². The van der Waals surface area contributed by atoms with E-state index >= 15 is 0 Å². The van der Waals surface area contributed by atoms with Crippen LogP contribution in [0.2, 0.25) is 0 Å². The number of nitrogens with zero attached hydrogens (tertiary/aromatic N) is 1. The molecule has 0 saturated carbocycles. The highest BCUT2D eigenvalue weighted by Crippen LogP contribution is 2.28. The number of sulfonamides is 1. The molecule has 19 heavy (non-hydrogen) atoms. The Morgan fingerprint density at radius 1 is 1.26 bits per heavy atom. The molecule has 1 aliphatic rings. The van der Waals surface area contributed by atoms with Crippen molar-refractivity contribution in [2.45, 2.75) is 24.3 Å². The number of rotatable bonds is 3. The molecule has 0 N–H and O–H groups in total. The molecule has 1 heterocycles. The first-order valence-electron chi connectivity index (χ1n) is 6.12. The van der Waals surface area contributed by atoms with Gasteiger partial charge in [0.15, 0.2) is 0 Å². The quantitative estimate of drug-likeness (QED) is 0.844. The van der Waals surface area contributed by atoms with E-state index in [1.165, 1.54) is 4.31 Å². The van der Waals surface area contributed by atoms with Gasteiger partial charge in [-0.15, -0.1) is 0 Å². The third-order valence-electron chi connectivity index (χ3n) is 3.22. The van der Waals surface area contributed by atoms with Crippen LogP contribution in [0.3, 0.4) is 0 Å². The third-order valence-corrected chi connectivity index (χ3v) is 5.34. The highest BCUT2D eigenvalue weighted by Gasteiger charge is 2.39. The molecule has 1 aromatic rings. The SMILES string of the molecule is COc1ccc(S(=O)(=O)N2CCOCC2(C)C)cc1. The van der Waals surface area contributed by atoms with Crippen LogP contribution in [-0.2, 0) is 14.8 Å². The van der Waals surface area contributed by atoms with Gasteiger partial charge in [-0.3, -0.25) is 0 Å². The maximum absolute atomic E-state index is 12.6. The second-order valence-corrected chi connectivity index (χ2v) is 6.98. The molecule has 1 saturated heterocycles. The predicted molar refractivity (Wildman–Crippen MR) is 71.8 cm³/mol. The van der Waals surface area contributed by atoms with E-state index in [1.54, 1.807) is 31.4 Å². The lowest BCUT2D eigenvalue weighted by Crippen LogP contribution is -2.55. The molecule has 0 aromatic heterocycles. The smallest absolute Gasteiger partial charge is 0.243 e. The van der Waals surface area contributed by atoms with E-state index < -0.39 is 15.6 Å². The minimum Gasteiger partial charge on any atom is -0.497 e. The van der Waals surface area contributed by atoms with E-state index in [4.69, 9.17) is 9.47 Å². The number of morpholine rings is 1. The summed E-state index contributed by atoms with van der Waals surface area (Å²) in [7, 11) is -1.95. The summed E-state index contributed by atoms with van der Waals surface area (Å²) in [4.78, 5) is 0.281. The van der Waals surface area contributed by atoms with Crippen LogP contribution in [0.4, 0.5) is 0 Å². The Labute approximate surface area is 114 Å². The van der Waals surface area contributed by atoms with Crippen LogP contribution >= 0.6 is 0 Å². The molecule has 5 nitrogen and oxygen atoms in total. The van der Waals surface area contributed by atoms with Crippen molar-refractivity contribution in [3.63, 3.8) is 0 Å². The lowest BCUT2D eigenvalue weighted by atomic mass is 10.1. The van der Waals surface area contributed by atoms with Crippen molar-refractivity contribution >= 4 is 10.0 Å². The standard InChI is InChI=1S/C13H19NO4S/c1-13(2)10-18-9-8-14(13)19(15,16)12-6-4-11(17-3)5-7-12/h4-7H,8-10H2,1-3H3. The molecule has 0 amide bonds. The summed E-state index contributed by atoms with van der Waals surface area (Å²) >= 11 is 0. The predicted octanol–water partition coefficient (Wildman–Crippen LogP) is 1.49. The van der Waals surface area contributed by atoms with Crippen LogP contribution in [0.1, 0.15) is 13.8 Å². The van der Waals surface area contributed by atoms with Crippen molar-refractivity contribution in [3.8, 4) is 5.75 Å². The van der Waals surface area contributed by atoms with E-state index in [9.17, 15) is 8.42 Å². The maximum Gasteiger partial charge on any atom is 0.243 e. The van der Waals surface area contributed by atoms with E-state index in [2.05, 4.69) is 0 Å². The topological polar surface area (TPSA) is 55.8 Å². The van der Waals surface area contributed by atoms with Crippen molar-refractivity contribution in [1.29, 1.82) is 0 Å². The maximum atomic E-state index is 12.6. The van der Waals surface area contributed by atoms with Gasteiger partial charge in [0.05, 0.1) is 30.8 Å². The largest absolute Gasteiger partial charge is 0.497 e. The van der Waals surface area contributed by atoms with Crippen LogP contribution in [0.15, 0.2) is 29.2 Å².